The summed E-state index contributed by atoms with van der Waals surface area (Å²) in [7, 11) is 1.74. The summed E-state index contributed by atoms with van der Waals surface area (Å²) in [4.78, 5) is 35.0. The monoisotopic (exact) mass is 454 g/mol. The molecule has 0 aliphatic heterocycles. The molecule has 0 bridgehead atoms. The van der Waals surface area contributed by atoms with Gasteiger partial charge in [-0.3, -0.25) is 19.7 Å². The minimum atomic E-state index is -0.556. The van der Waals surface area contributed by atoms with Crippen molar-refractivity contribution in [2.45, 2.75) is 25.5 Å². The summed E-state index contributed by atoms with van der Waals surface area (Å²) in [6, 6.07) is 11.3. The molecule has 10 nitrogen and oxygen atoms in total. The van der Waals surface area contributed by atoms with Crippen LogP contribution in [0.4, 0.5) is 11.4 Å². The van der Waals surface area contributed by atoms with E-state index in [9.17, 15) is 19.7 Å². The van der Waals surface area contributed by atoms with Crippen LogP contribution in [0.25, 0.3) is 0 Å². The highest BCUT2D eigenvalue weighted by molar-refractivity contribution is 7.99. The molecule has 32 heavy (non-hydrogen) atoms. The van der Waals surface area contributed by atoms with Gasteiger partial charge in [0.05, 0.1) is 17.2 Å². The fourth-order valence-corrected chi connectivity index (χ4v) is 3.69. The van der Waals surface area contributed by atoms with Crippen molar-refractivity contribution in [2.24, 2.45) is 7.05 Å². The zero-order valence-corrected chi connectivity index (χ0v) is 18.6. The van der Waals surface area contributed by atoms with Crippen LogP contribution in [0.1, 0.15) is 27.3 Å². The summed E-state index contributed by atoms with van der Waals surface area (Å²) in [6.07, 6.45) is 0. The second-order valence-electron chi connectivity index (χ2n) is 7.05. The molecule has 0 aliphatic carbocycles. The first-order valence-corrected chi connectivity index (χ1v) is 10.6. The second-order valence-corrected chi connectivity index (χ2v) is 7.99. The number of nitrogens with zero attached hydrogens (tertiary/aromatic N) is 4. The number of hydrogen-bond acceptors (Lipinski definition) is 7. The minimum absolute atomic E-state index is 0.0835. The number of nitrogens with one attached hydrogen (secondary N) is 2. The number of nitro benzene ring substituents is 1. The Hall–Kier alpha value is -3.73. The molecular formula is C21H22N6O4S. The molecule has 0 fully saturated rings. The second kappa shape index (κ2) is 10.1. The van der Waals surface area contributed by atoms with E-state index in [1.807, 2.05) is 32.0 Å². The summed E-state index contributed by atoms with van der Waals surface area (Å²) in [5, 5.41) is 25.1. The van der Waals surface area contributed by atoms with Gasteiger partial charge in [-0.05, 0) is 31.0 Å². The van der Waals surface area contributed by atoms with E-state index in [4.69, 9.17) is 0 Å². The Morgan fingerprint density at radius 3 is 2.50 bits per heavy atom. The van der Waals surface area contributed by atoms with E-state index in [1.165, 1.54) is 36.0 Å². The van der Waals surface area contributed by atoms with Crippen molar-refractivity contribution in [3.05, 3.63) is 75.1 Å². The van der Waals surface area contributed by atoms with Gasteiger partial charge < -0.3 is 15.2 Å². The highest BCUT2D eigenvalue weighted by Crippen LogP contribution is 2.21. The number of nitro groups is 1. The first kappa shape index (κ1) is 22.9. The lowest BCUT2D eigenvalue weighted by Gasteiger charge is -2.11. The largest absolute Gasteiger partial charge is 0.345 e. The lowest BCUT2D eigenvalue weighted by atomic mass is 10.1. The molecule has 2 N–H and O–H groups in total. The van der Waals surface area contributed by atoms with E-state index >= 15 is 0 Å². The fourth-order valence-electron chi connectivity index (χ4n) is 2.96. The Balaban J connectivity index is 1.56. The average Bonchev–Trinajstić information content (AvgIpc) is 3.12. The molecule has 0 saturated carbocycles. The normalized spacial score (nSPS) is 10.6. The van der Waals surface area contributed by atoms with Gasteiger partial charge in [-0.2, -0.15) is 0 Å². The number of anilines is 1. The smallest absolute Gasteiger partial charge is 0.270 e. The summed E-state index contributed by atoms with van der Waals surface area (Å²) in [5.41, 5.74) is 2.81. The van der Waals surface area contributed by atoms with Crippen LogP contribution in [-0.4, -0.2) is 37.3 Å². The quantitative estimate of drug-likeness (QED) is 0.304. The predicted molar refractivity (Wildman–Crippen MR) is 121 cm³/mol. The van der Waals surface area contributed by atoms with Crippen LogP contribution in [0.2, 0.25) is 0 Å². The summed E-state index contributed by atoms with van der Waals surface area (Å²) in [5.74, 6) is 0.0241. The molecular weight excluding hydrogens is 432 g/mol. The maximum absolute atomic E-state index is 12.4. The zero-order valence-electron chi connectivity index (χ0n) is 17.8. The molecule has 0 aliphatic rings. The molecule has 0 atom stereocenters. The SMILES string of the molecule is Cc1cccc(C)c1NC(=O)CSc1nnc(CNC(=O)c2cccc([N+](=O)[O-])c2)n1C. The maximum atomic E-state index is 12.4. The average molecular weight is 455 g/mol. The molecule has 1 aromatic heterocycles. The maximum Gasteiger partial charge on any atom is 0.270 e. The van der Waals surface area contributed by atoms with Crippen LogP contribution < -0.4 is 10.6 Å². The lowest BCUT2D eigenvalue weighted by molar-refractivity contribution is -0.384. The third kappa shape index (κ3) is 5.49. The van der Waals surface area contributed by atoms with Crippen molar-refractivity contribution >= 4 is 35.0 Å². The molecule has 0 unspecified atom stereocenters. The van der Waals surface area contributed by atoms with Crippen LogP contribution in [-0.2, 0) is 18.4 Å². The Morgan fingerprint density at radius 1 is 1.12 bits per heavy atom. The van der Waals surface area contributed by atoms with Crippen molar-refractivity contribution in [2.75, 3.05) is 11.1 Å². The Morgan fingerprint density at radius 2 is 1.81 bits per heavy atom. The van der Waals surface area contributed by atoms with Crippen molar-refractivity contribution in [1.82, 2.24) is 20.1 Å². The van der Waals surface area contributed by atoms with E-state index in [-0.39, 0.29) is 29.5 Å². The number of hydrogen-bond donors (Lipinski definition) is 2. The topological polar surface area (TPSA) is 132 Å². The summed E-state index contributed by atoms with van der Waals surface area (Å²) in [6.45, 7) is 3.96. The van der Waals surface area contributed by atoms with Gasteiger partial charge in [0, 0.05) is 30.4 Å². The Bertz CT molecular complexity index is 1160. The first-order chi connectivity index (χ1) is 15.3. The Labute approximate surface area is 188 Å². The van der Waals surface area contributed by atoms with E-state index in [0.29, 0.717) is 11.0 Å². The Kier molecular flexibility index (Phi) is 7.21. The first-order valence-electron chi connectivity index (χ1n) is 9.66. The van der Waals surface area contributed by atoms with E-state index < -0.39 is 10.8 Å². The van der Waals surface area contributed by atoms with Gasteiger partial charge >= 0.3 is 0 Å². The van der Waals surface area contributed by atoms with Gasteiger partial charge in [0.1, 0.15) is 0 Å². The number of aromatic nitrogens is 3. The molecule has 3 rings (SSSR count). The number of amides is 2. The van der Waals surface area contributed by atoms with Crippen LogP contribution in [0.5, 0.6) is 0 Å². The van der Waals surface area contributed by atoms with Gasteiger partial charge in [0.15, 0.2) is 11.0 Å². The number of carbonyl (C=O) groups is 2. The molecule has 2 aromatic carbocycles. The van der Waals surface area contributed by atoms with Gasteiger partial charge in [-0.1, -0.05) is 36.0 Å². The van der Waals surface area contributed by atoms with E-state index in [1.54, 1.807) is 11.6 Å². The molecule has 2 amide bonds. The lowest BCUT2D eigenvalue weighted by Crippen LogP contribution is -2.24. The van der Waals surface area contributed by atoms with Crippen molar-refractivity contribution in [3.63, 3.8) is 0 Å². The number of rotatable bonds is 8. The predicted octanol–water partition coefficient (Wildman–Crippen LogP) is 3.00. The van der Waals surface area contributed by atoms with Gasteiger partial charge in [0.25, 0.3) is 11.6 Å². The molecule has 1 heterocycles. The third-order valence-electron chi connectivity index (χ3n) is 4.73. The van der Waals surface area contributed by atoms with Crippen molar-refractivity contribution in [1.29, 1.82) is 0 Å². The van der Waals surface area contributed by atoms with E-state index in [0.717, 1.165) is 16.8 Å². The summed E-state index contributed by atoms with van der Waals surface area (Å²) >= 11 is 1.23. The van der Waals surface area contributed by atoms with Crippen LogP contribution in [0.15, 0.2) is 47.6 Å². The minimum Gasteiger partial charge on any atom is -0.345 e. The van der Waals surface area contributed by atoms with Gasteiger partial charge in [-0.25, -0.2) is 0 Å². The number of non-ortho nitro benzene ring substituents is 1. The van der Waals surface area contributed by atoms with Crippen molar-refractivity contribution in [3.8, 4) is 0 Å². The number of para-hydroxylation sites is 1. The van der Waals surface area contributed by atoms with Crippen LogP contribution in [0.3, 0.4) is 0 Å². The summed E-state index contributed by atoms with van der Waals surface area (Å²) < 4.78 is 1.69. The fraction of sp³-hybridized carbons (Fsp3) is 0.238. The highest BCUT2D eigenvalue weighted by atomic mass is 32.2. The van der Waals surface area contributed by atoms with Crippen LogP contribution >= 0.6 is 11.8 Å². The number of aryl methyl sites for hydroxylation is 2. The molecule has 11 heteroatoms. The van der Waals surface area contributed by atoms with Gasteiger partial charge in [-0.15, -0.1) is 10.2 Å². The number of benzene rings is 2. The highest BCUT2D eigenvalue weighted by Gasteiger charge is 2.15. The molecule has 3 aromatic rings. The zero-order chi connectivity index (χ0) is 23.3. The number of thioether (sulfide) groups is 1. The molecule has 0 radical (unpaired) electrons. The molecule has 0 spiro atoms. The molecule has 166 valence electrons. The van der Waals surface area contributed by atoms with E-state index in [2.05, 4.69) is 20.8 Å². The van der Waals surface area contributed by atoms with Gasteiger partial charge in [0.2, 0.25) is 5.91 Å². The standard InChI is InChI=1S/C21H22N6O4S/c1-13-6-4-7-14(2)19(13)23-18(28)12-32-21-25-24-17(26(21)3)11-22-20(29)15-8-5-9-16(10-15)27(30)31/h4-10H,11-12H2,1-3H3,(H,22,29)(H,23,28). The third-order valence-corrected chi connectivity index (χ3v) is 5.75. The van der Waals surface area contributed by atoms with Crippen LogP contribution in [0, 0.1) is 24.0 Å². The molecule has 0 saturated heterocycles. The number of carbonyl (C=O) groups excluding carboxylic acids is 2. The van der Waals surface area contributed by atoms with Crippen molar-refractivity contribution < 1.29 is 14.5 Å².